The van der Waals surface area contributed by atoms with Crippen LogP contribution in [0, 0.1) is 6.92 Å². The molecule has 0 spiro atoms. The summed E-state index contributed by atoms with van der Waals surface area (Å²) in [6.45, 7) is 3.98. The number of hydrogen-bond acceptors (Lipinski definition) is 2. The van der Waals surface area contributed by atoms with Gasteiger partial charge in [0.15, 0.2) is 5.78 Å². The summed E-state index contributed by atoms with van der Waals surface area (Å²) >= 11 is 0. The number of benzene rings is 2. The summed E-state index contributed by atoms with van der Waals surface area (Å²) in [6.07, 6.45) is 0.798. The van der Waals surface area contributed by atoms with Gasteiger partial charge in [-0.3, -0.25) is 4.79 Å². The lowest BCUT2D eigenvalue weighted by Gasteiger charge is -2.16. The molecule has 0 aliphatic carbocycles. The number of carbonyl (C=O) groups excluding carboxylic acids is 1. The second-order valence-electron chi connectivity index (χ2n) is 4.81. The van der Waals surface area contributed by atoms with Gasteiger partial charge in [0.25, 0.3) is 0 Å². The maximum Gasteiger partial charge on any atom is 0.170 e. The van der Waals surface area contributed by atoms with Gasteiger partial charge in [0, 0.05) is 17.2 Å². The molecule has 0 saturated carbocycles. The molecular weight excluding hydrogens is 234 g/mol. The lowest BCUT2D eigenvalue weighted by Crippen LogP contribution is -2.13. The third-order valence-electron chi connectivity index (χ3n) is 3.44. The molecule has 0 aromatic heterocycles. The van der Waals surface area contributed by atoms with Gasteiger partial charge in [-0.15, -0.1) is 0 Å². The predicted molar refractivity (Wildman–Crippen MR) is 79.4 cm³/mol. The zero-order chi connectivity index (χ0) is 13.8. The molecule has 0 saturated heterocycles. The summed E-state index contributed by atoms with van der Waals surface area (Å²) in [4.78, 5) is 12.7. The smallest absolute Gasteiger partial charge is 0.170 e. The molecule has 2 aromatic carbocycles. The fraction of sp³-hybridized carbons (Fsp3) is 0.235. The highest BCUT2D eigenvalue weighted by Crippen LogP contribution is 2.26. The first kappa shape index (κ1) is 13.3. The monoisotopic (exact) mass is 253 g/mol. The van der Waals surface area contributed by atoms with Crippen molar-refractivity contribution in [2.24, 2.45) is 0 Å². The fourth-order valence-corrected chi connectivity index (χ4v) is 2.41. The Balaban J connectivity index is 2.36. The van der Waals surface area contributed by atoms with E-state index < -0.39 is 0 Å². The van der Waals surface area contributed by atoms with Crippen LogP contribution < -0.4 is 5.73 Å². The summed E-state index contributed by atoms with van der Waals surface area (Å²) in [5.74, 6) is 0.0923. The zero-order valence-electron chi connectivity index (χ0n) is 11.4. The number of nitrogen functional groups attached to an aromatic ring is 1. The van der Waals surface area contributed by atoms with E-state index in [0.717, 1.165) is 23.1 Å². The molecule has 2 N–H and O–H groups in total. The highest BCUT2D eigenvalue weighted by Gasteiger charge is 2.21. The van der Waals surface area contributed by atoms with Gasteiger partial charge in [-0.1, -0.05) is 37.3 Å². The van der Waals surface area contributed by atoms with E-state index in [2.05, 4.69) is 0 Å². The molecule has 2 heteroatoms. The number of Topliss-reactive ketones (excluding diaryl/α,β-unsaturated/α-hetero) is 1. The van der Waals surface area contributed by atoms with Gasteiger partial charge in [0.1, 0.15) is 0 Å². The van der Waals surface area contributed by atoms with Crippen molar-refractivity contribution >= 4 is 11.5 Å². The van der Waals surface area contributed by atoms with Crippen molar-refractivity contribution in [3.05, 3.63) is 65.2 Å². The molecular formula is C17H19NO. The molecule has 2 aromatic rings. The Bertz CT molecular complexity index is 575. The average molecular weight is 253 g/mol. The van der Waals surface area contributed by atoms with E-state index >= 15 is 0 Å². The Hall–Kier alpha value is -2.09. The highest BCUT2D eigenvalue weighted by molar-refractivity contribution is 6.02. The van der Waals surface area contributed by atoms with Crippen LogP contribution in [0.1, 0.15) is 40.7 Å². The second kappa shape index (κ2) is 5.70. The number of nitrogens with two attached hydrogens (primary N) is 1. The topological polar surface area (TPSA) is 43.1 Å². The molecule has 2 nitrogen and oxygen atoms in total. The van der Waals surface area contributed by atoms with Crippen LogP contribution in [-0.2, 0) is 0 Å². The van der Waals surface area contributed by atoms with Crippen LogP contribution in [0.15, 0.2) is 48.5 Å². The molecule has 0 amide bonds. The predicted octanol–water partition coefficient (Wildman–Crippen LogP) is 3.95. The van der Waals surface area contributed by atoms with Crippen LogP contribution >= 0.6 is 0 Å². The lowest BCUT2D eigenvalue weighted by atomic mass is 9.87. The lowest BCUT2D eigenvalue weighted by molar-refractivity contribution is 0.0957. The third-order valence-corrected chi connectivity index (χ3v) is 3.44. The third kappa shape index (κ3) is 2.84. The van der Waals surface area contributed by atoms with Crippen molar-refractivity contribution in [2.75, 3.05) is 5.73 Å². The van der Waals surface area contributed by atoms with Crippen LogP contribution in [0.3, 0.4) is 0 Å². The van der Waals surface area contributed by atoms with Crippen molar-refractivity contribution in [1.82, 2.24) is 0 Å². The van der Waals surface area contributed by atoms with Crippen LogP contribution in [0.5, 0.6) is 0 Å². The summed E-state index contributed by atoms with van der Waals surface area (Å²) in [5.41, 5.74) is 9.22. The number of aryl methyl sites for hydroxylation is 1. The SMILES string of the molecule is CCC(C(=O)c1ccc(N)cc1C)c1ccccc1. The van der Waals surface area contributed by atoms with Crippen molar-refractivity contribution in [1.29, 1.82) is 0 Å². The van der Waals surface area contributed by atoms with Gasteiger partial charge >= 0.3 is 0 Å². The van der Waals surface area contributed by atoms with Gasteiger partial charge < -0.3 is 5.73 Å². The molecule has 0 heterocycles. The van der Waals surface area contributed by atoms with E-state index in [0.29, 0.717) is 5.69 Å². The highest BCUT2D eigenvalue weighted by atomic mass is 16.1. The van der Waals surface area contributed by atoms with E-state index in [9.17, 15) is 4.79 Å². The Morgan fingerprint density at radius 1 is 1.16 bits per heavy atom. The van der Waals surface area contributed by atoms with Crippen LogP contribution in [0.2, 0.25) is 0 Å². The minimum absolute atomic E-state index is 0.0801. The number of carbonyl (C=O) groups is 1. The minimum Gasteiger partial charge on any atom is -0.399 e. The minimum atomic E-state index is -0.0801. The molecule has 0 fully saturated rings. The number of rotatable bonds is 4. The molecule has 0 aliphatic heterocycles. The summed E-state index contributed by atoms with van der Waals surface area (Å²) in [6, 6.07) is 15.4. The van der Waals surface area contributed by atoms with Crippen LogP contribution in [0.4, 0.5) is 5.69 Å². The molecule has 0 aliphatic rings. The fourth-order valence-electron chi connectivity index (χ4n) is 2.41. The van der Waals surface area contributed by atoms with E-state index in [1.54, 1.807) is 6.07 Å². The van der Waals surface area contributed by atoms with Gasteiger partial charge in [-0.25, -0.2) is 0 Å². The number of hydrogen-bond donors (Lipinski definition) is 1. The molecule has 0 bridgehead atoms. The van der Waals surface area contributed by atoms with Crippen molar-refractivity contribution in [3.63, 3.8) is 0 Å². The maximum atomic E-state index is 12.7. The zero-order valence-corrected chi connectivity index (χ0v) is 11.4. The maximum absolute atomic E-state index is 12.7. The van der Waals surface area contributed by atoms with Gasteiger partial charge in [-0.05, 0) is 42.7 Å². The Morgan fingerprint density at radius 2 is 1.84 bits per heavy atom. The first-order chi connectivity index (χ1) is 9.13. The molecule has 19 heavy (non-hydrogen) atoms. The first-order valence-electron chi connectivity index (χ1n) is 6.58. The first-order valence-corrected chi connectivity index (χ1v) is 6.58. The van der Waals surface area contributed by atoms with Crippen molar-refractivity contribution in [2.45, 2.75) is 26.2 Å². The average Bonchev–Trinajstić information content (AvgIpc) is 2.40. The molecule has 98 valence electrons. The van der Waals surface area contributed by atoms with E-state index in [4.69, 9.17) is 5.73 Å². The Morgan fingerprint density at radius 3 is 2.42 bits per heavy atom. The van der Waals surface area contributed by atoms with Crippen LogP contribution in [-0.4, -0.2) is 5.78 Å². The number of ketones is 1. The Labute approximate surface area is 114 Å². The molecule has 0 radical (unpaired) electrons. The normalized spacial score (nSPS) is 12.1. The van der Waals surface area contributed by atoms with Gasteiger partial charge in [0.05, 0.1) is 0 Å². The van der Waals surface area contributed by atoms with Crippen molar-refractivity contribution < 1.29 is 4.79 Å². The summed E-state index contributed by atoms with van der Waals surface area (Å²) in [7, 11) is 0. The van der Waals surface area contributed by atoms with Crippen LogP contribution in [0.25, 0.3) is 0 Å². The standard InChI is InChI=1S/C17H19NO/c1-3-15(13-7-5-4-6-8-13)17(19)16-10-9-14(18)11-12(16)2/h4-11,15H,3,18H2,1-2H3. The molecule has 1 unspecified atom stereocenters. The van der Waals surface area contributed by atoms with Gasteiger partial charge in [-0.2, -0.15) is 0 Å². The quantitative estimate of drug-likeness (QED) is 0.662. The molecule has 2 rings (SSSR count). The summed E-state index contributed by atoms with van der Waals surface area (Å²) in [5, 5.41) is 0. The van der Waals surface area contributed by atoms with Crippen molar-refractivity contribution in [3.8, 4) is 0 Å². The van der Waals surface area contributed by atoms with E-state index in [-0.39, 0.29) is 11.7 Å². The number of anilines is 1. The molecule has 1 atom stereocenters. The summed E-state index contributed by atoms with van der Waals surface area (Å²) < 4.78 is 0. The van der Waals surface area contributed by atoms with Gasteiger partial charge in [0.2, 0.25) is 0 Å². The Kier molecular flexibility index (Phi) is 4.00. The van der Waals surface area contributed by atoms with E-state index in [1.165, 1.54) is 0 Å². The van der Waals surface area contributed by atoms with E-state index in [1.807, 2.05) is 56.3 Å². The largest absolute Gasteiger partial charge is 0.399 e. The second-order valence-corrected chi connectivity index (χ2v) is 4.81.